The van der Waals surface area contributed by atoms with Crippen LogP contribution in [0.1, 0.15) is 30.5 Å². The largest absolute Gasteiger partial charge is 0.490 e. The maximum absolute atomic E-state index is 12.1. The summed E-state index contributed by atoms with van der Waals surface area (Å²) >= 11 is 0. The topological polar surface area (TPSA) is 47.6 Å². The fraction of sp³-hybridized carbons (Fsp3) is 0.286. The van der Waals surface area contributed by atoms with Crippen LogP contribution >= 0.6 is 0 Å². The van der Waals surface area contributed by atoms with Gasteiger partial charge in [-0.15, -0.1) is 0 Å². The molecule has 2 aromatic rings. The first-order valence-electron chi connectivity index (χ1n) is 8.49. The SMILES string of the molecule is CCOc1ccc(C=CC(=O)Nc2ccc(C)cc2C)cc1OCC. The van der Waals surface area contributed by atoms with Gasteiger partial charge >= 0.3 is 0 Å². The van der Waals surface area contributed by atoms with Gasteiger partial charge in [-0.3, -0.25) is 4.79 Å². The molecule has 4 heteroatoms. The number of hydrogen-bond donors (Lipinski definition) is 1. The van der Waals surface area contributed by atoms with Crippen LogP contribution in [0.25, 0.3) is 6.08 Å². The van der Waals surface area contributed by atoms with Crippen LogP contribution in [0.3, 0.4) is 0 Å². The highest BCUT2D eigenvalue weighted by Gasteiger charge is 2.06. The highest BCUT2D eigenvalue weighted by atomic mass is 16.5. The van der Waals surface area contributed by atoms with E-state index in [1.165, 1.54) is 11.6 Å². The van der Waals surface area contributed by atoms with E-state index in [0.717, 1.165) is 16.8 Å². The van der Waals surface area contributed by atoms with Crippen molar-refractivity contribution in [2.45, 2.75) is 27.7 Å². The van der Waals surface area contributed by atoms with Gasteiger partial charge in [-0.25, -0.2) is 0 Å². The van der Waals surface area contributed by atoms with E-state index in [1.807, 2.05) is 64.1 Å². The number of benzene rings is 2. The third-order valence-corrected chi connectivity index (χ3v) is 3.63. The molecule has 0 fully saturated rings. The van der Waals surface area contributed by atoms with Crippen molar-refractivity contribution in [2.24, 2.45) is 0 Å². The smallest absolute Gasteiger partial charge is 0.248 e. The van der Waals surface area contributed by atoms with Crippen molar-refractivity contribution < 1.29 is 14.3 Å². The lowest BCUT2D eigenvalue weighted by molar-refractivity contribution is -0.111. The molecule has 0 saturated carbocycles. The summed E-state index contributed by atoms with van der Waals surface area (Å²) in [6.45, 7) is 9.00. The summed E-state index contributed by atoms with van der Waals surface area (Å²) in [4.78, 5) is 12.1. The van der Waals surface area contributed by atoms with Crippen molar-refractivity contribution in [3.63, 3.8) is 0 Å². The molecule has 1 amide bonds. The first-order valence-corrected chi connectivity index (χ1v) is 8.49. The van der Waals surface area contributed by atoms with Crippen molar-refractivity contribution in [3.8, 4) is 11.5 Å². The number of amides is 1. The molecule has 1 N–H and O–H groups in total. The Hall–Kier alpha value is -2.75. The van der Waals surface area contributed by atoms with Gasteiger partial charge in [0.15, 0.2) is 11.5 Å². The number of anilines is 1. The van der Waals surface area contributed by atoms with Gasteiger partial charge in [0.05, 0.1) is 13.2 Å². The molecule has 2 rings (SSSR count). The molecule has 0 aromatic heterocycles. The van der Waals surface area contributed by atoms with Gasteiger partial charge in [-0.1, -0.05) is 23.8 Å². The third kappa shape index (κ3) is 5.38. The number of carbonyl (C=O) groups excluding carboxylic acids is 1. The van der Waals surface area contributed by atoms with E-state index >= 15 is 0 Å². The molecular formula is C21H25NO3. The van der Waals surface area contributed by atoms with E-state index in [2.05, 4.69) is 5.32 Å². The Kier molecular flexibility index (Phi) is 6.63. The number of hydrogen-bond acceptors (Lipinski definition) is 3. The van der Waals surface area contributed by atoms with E-state index in [4.69, 9.17) is 9.47 Å². The van der Waals surface area contributed by atoms with Gasteiger partial charge in [0.25, 0.3) is 0 Å². The Bertz CT molecular complexity index is 766. The molecule has 2 aromatic carbocycles. The zero-order valence-corrected chi connectivity index (χ0v) is 15.3. The maximum atomic E-state index is 12.1. The summed E-state index contributed by atoms with van der Waals surface area (Å²) < 4.78 is 11.1. The van der Waals surface area contributed by atoms with Gasteiger partial charge in [-0.05, 0) is 63.1 Å². The van der Waals surface area contributed by atoms with E-state index in [9.17, 15) is 4.79 Å². The Labute approximate surface area is 149 Å². The Morgan fingerprint density at radius 2 is 1.72 bits per heavy atom. The first-order chi connectivity index (χ1) is 12.0. The van der Waals surface area contributed by atoms with Gasteiger partial charge < -0.3 is 14.8 Å². The fourth-order valence-corrected chi connectivity index (χ4v) is 2.47. The quantitative estimate of drug-likeness (QED) is 0.740. The summed E-state index contributed by atoms with van der Waals surface area (Å²) in [5.74, 6) is 1.22. The molecule has 0 atom stereocenters. The van der Waals surface area contributed by atoms with Crippen LogP contribution in [0, 0.1) is 13.8 Å². The molecular weight excluding hydrogens is 314 g/mol. The second-order valence-electron chi connectivity index (χ2n) is 5.71. The molecule has 0 radical (unpaired) electrons. The van der Waals surface area contributed by atoms with Crippen LogP contribution in [0.15, 0.2) is 42.5 Å². The molecule has 25 heavy (non-hydrogen) atoms. The van der Waals surface area contributed by atoms with Crippen molar-refractivity contribution in [1.82, 2.24) is 0 Å². The standard InChI is InChI=1S/C21H25NO3/c1-5-24-19-11-8-17(14-20(19)25-6-2)9-12-21(23)22-18-10-7-15(3)13-16(18)4/h7-14H,5-6H2,1-4H3,(H,22,23). The Morgan fingerprint density at radius 3 is 2.40 bits per heavy atom. The summed E-state index contributed by atoms with van der Waals surface area (Å²) in [5.41, 5.74) is 3.91. The van der Waals surface area contributed by atoms with Gasteiger partial charge in [-0.2, -0.15) is 0 Å². The highest BCUT2D eigenvalue weighted by molar-refractivity contribution is 6.02. The van der Waals surface area contributed by atoms with Crippen LogP contribution in [0.5, 0.6) is 11.5 Å². The molecule has 4 nitrogen and oxygen atoms in total. The molecule has 0 spiro atoms. The second-order valence-corrected chi connectivity index (χ2v) is 5.71. The van der Waals surface area contributed by atoms with Gasteiger partial charge in [0.1, 0.15) is 0 Å². The molecule has 0 bridgehead atoms. The van der Waals surface area contributed by atoms with Gasteiger partial charge in [0, 0.05) is 11.8 Å². The zero-order chi connectivity index (χ0) is 18.2. The summed E-state index contributed by atoms with van der Waals surface area (Å²) in [5, 5.41) is 2.90. The highest BCUT2D eigenvalue weighted by Crippen LogP contribution is 2.29. The third-order valence-electron chi connectivity index (χ3n) is 3.63. The summed E-state index contributed by atoms with van der Waals surface area (Å²) in [6.07, 6.45) is 3.28. The van der Waals surface area contributed by atoms with Gasteiger partial charge in [0.2, 0.25) is 5.91 Å². The van der Waals surface area contributed by atoms with Crippen LogP contribution in [-0.2, 0) is 4.79 Å². The number of ether oxygens (including phenoxy) is 2. The second kappa shape index (κ2) is 8.92. The summed E-state index contributed by atoms with van der Waals surface area (Å²) in [6, 6.07) is 11.6. The molecule has 0 aliphatic carbocycles. The predicted octanol–water partition coefficient (Wildman–Crippen LogP) is 4.75. The number of carbonyl (C=O) groups is 1. The number of nitrogens with one attached hydrogen (secondary N) is 1. The monoisotopic (exact) mass is 339 g/mol. The predicted molar refractivity (Wildman–Crippen MR) is 102 cm³/mol. The van der Waals surface area contributed by atoms with Crippen molar-refractivity contribution in [3.05, 3.63) is 59.2 Å². The normalized spacial score (nSPS) is 10.7. The molecule has 0 heterocycles. The zero-order valence-electron chi connectivity index (χ0n) is 15.3. The molecule has 0 saturated heterocycles. The van der Waals surface area contributed by atoms with E-state index < -0.39 is 0 Å². The Morgan fingerprint density at radius 1 is 1.00 bits per heavy atom. The van der Waals surface area contributed by atoms with Crippen LogP contribution in [0.4, 0.5) is 5.69 Å². The lowest BCUT2D eigenvalue weighted by Gasteiger charge is -2.11. The minimum absolute atomic E-state index is 0.168. The van der Waals surface area contributed by atoms with Crippen LogP contribution in [0.2, 0.25) is 0 Å². The van der Waals surface area contributed by atoms with E-state index in [1.54, 1.807) is 6.08 Å². The lowest BCUT2D eigenvalue weighted by Crippen LogP contribution is -2.08. The fourth-order valence-electron chi connectivity index (χ4n) is 2.47. The molecule has 0 unspecified atom stereocenters. The van der Waals surface area contributed by atoms with Crippen molar-refractivity contribution in [1.29, 1.82) is 0 Å². The summed E-state index contributed by atoms with van der Waals surface area (Å²) in [7, 11) is 0. The number of aryl methyl sites for hydroxylation is 2. The minimum Gasteiger partial charge on any atom is -0.490 e. The average molecular weight is 339 g/mol. The van der Waals surface area contributed by atoms with Crippen molar-refractivity contribution in [2.75, 3.05) is 18.5 Å². The van der Waals surface area contributed by atoms with E-state index in [-0.39, 0.29) is 5.91 Å². The number of rotatable bonds is 7. The molecule has 132 valence electrons. The molecule has 0 aliphatic heterocycles. The lowest BCUT2D eigenvalue weighted by atomic mass is 10.1. The van der Waals surface area contributed by atoms with Crippen LogP contribution < -0.4 is 14.8 Å². The average Bonchev–Trinajstić information content (AvgIpc) is 2.58. The Balaban J connectivity index is 2.09. The first kappa shape index (κ1) is 18.6. The molecule has 0 aliphatic rings. The van der Waals surface area contributed by atoms with Crippen molar-refractivity contribution >= 4 is 17.7 Å². The van der Waals surface area contributed by atoms with E-state index in [0.29, 0.717) is 24.7 Å². The maximum Gasteiger partial charge on any atom is 0.248 e. The minimum atomic E-state index is -0.168. The van der Waals surface area contributed by atoms with Crippen LogP contribution in [-0.4, -0.2) is 19.1 Å².